The highest BCUT2D eigenvalue weighted by Crippen LogP contribution is 2.38. The lowest BCUT2D eigenvalue weighted by molar-refractivity contribution is 0.102. The lowest BCUT2D eigenvalue weighted by atomic mass is 10.1. The van der Waals surface area contributed by atoms with Crippen molar-refractivity contribution in [2.75, 3.05) is 26.6 Å². The number of nitrogens with one attached hydrogen (secondary N) is 1. The predicted octanol–water partition coefficient (Wildman–Crippen LogP) is 5.41. The van der Waals surface area contributed by atoms with Crippen molar-refractivity contribution in [3.05, 3.63) is 71.2 Å². The molecule has 7 heteroatoms. The Hall–Kier alpha value is -3.38. The Balaban J connectivity index is 1.73. The van der Waals surface area contributed by atoms with Gasteiger partial charge in [-0.3, -0.25) is 4.79 Å². The van der Waals surface area contributed by atoms with Gasteiger partial charge in [-0.25, -0.2) is 0 Å². The Labute approximate surface area is 173 Å². The molecule has 0 aliphatic heterocycles. The van der Waals surface area contributed by atoms with Crippen molar-refractivity contribution in [1.82, 2.24) is 0 Å². The van der Waals surface area contributed by atoms with E-state index in [-0.39, 0.29) is 5.91 Å². The van der Waals surface area contributed by atoms with Crippen LogP contribution in [0.15, 0.2) is 60.7 Å². The average Bonchev–Trinajstić information content (AvgIpc) is 2.75. The summed E-state index contributed by atoms with van der Waals surface area (Å²) in [5.74, 6) is 2.24. The highest BCUT2D eigenvalue weighted by Gasteiger charge is 2.17. The second-order valence-electron chi connectivity index (χ2n) is 5.95. The first-order valence-electron chi connectivity index (χ1n) is 8.69. The van der Waals surface area contributed by atoms with E-state index in [4.69, 9.17) is 30.5 Å². The van der Waals surface area contributed by atoms with Crippen LogP contribution in [0.5, 0.6) is 28.7 Å². The van der Waals surface area contributed by atoms with Crippen molar-refractivity contribution in [2.45, 2.75) is 0 Å². The summed E-state index contributed by atoms with van der Waals surface area (Å²) in [6.45, 7) is 0. The summed E-state index contributed by atoms with van der Waals surface area (Å²) in [6, 6.07) is 17.3. The van der Waals surface area contributed by atoms with Crippen molar-refractivity contribution < 1.29 is 23.7 Å². The molecule has 0 radical (unpaired) electrons. The van der Waals surface area contributed by atoms with E-state index < -0.39 is 0 Å². The molecule has 0 aromatic heterocycles. The van der Waals surface area contributed by atoms with Crippen LogP contribution in [0.1, 0.15) is 10.4 Å². The van der Waals surface area contributed by atoms with Gasteiger partial charge in [-0.05, 0) is 60.7 Å². The number of halogens is 1. The van der Waals surface area contributed by atoms with Crippen molar-refractivity contribution in [3.63, 3.8) is 0 Å². The zero-order chi connectivity index (χ0) is 20.8. The van der Waals surface area contributed by atoms with E-state index in [2.05, 4.69) is 5.32 Å². The summed E-state index contributed by atoms with van der Waals surface area (Å²) < 4.78 is 21.6. The summed E-state index contributed by atoms with van der Waals surface area (Å²) in [5, 5.41) is 3.47. The van der Waals surface area contributed by atoms with Crippen LogP contribution in [0.3, 0.4) is 0 Å². The van der Waals surface area contributed by atoms with Crippen LogP contribution in [-0.2, 0) is 0 Å². The minimum Gasteiger partial charge on any atom is -0.493 e. The van der Waals surface area contributed by atoms with Crippen LogP contribution in [0.4, 0.5) is 5.69 Å². The maximum Gasteiger partial charge on any atom is 0.255 e. The van der Waals surface area contributed by atoms with Crippen LogP contribution in [-0.4, -0.2) is 27.2 Å². The number of amides is 1. The molecule has 3 aromatic carbocycles. The minimum absolute atomic E-state index is 0.310. The van der Waals surface area contributed by atoms with Gasteiger partial charge in [0.05, 0.1) is 21.3 Å². The first-order chi connectivity index (χ1) is 14.0. The molecule has 6 nitrogen and oxygen atoms in total. The smallest absolute Gasteiger partial charge is 0.255 e. The third kappa shape index (κ3) is 4.92. The highest BCUT2D eigenvalue weighted by atomic mass is 35.5. The molecule has 3 aromatic rings. The van der Waals surface area contributed by atoms with Crippen molar-refractivity contribution in [3.8, 4) is 28.7 Å². The molecule has 29 heavy (non-hydrogen) atoms. The second-order valence-corrected chi connectivity index (χ2v) is 6.38. The molecule has 0 atom stereocenters. The van der Waals surface area contributed by atoms with Gasteiger partial charge in [0.25, 0.3) is 5.91 Å². The van der Waals surface area contributed by atoms with Gasteiger partial charge in [0.15, 0.2) is 11.5 Å². The van der Waals surface area contributed by atoms with E-state index in [0.717, 1.165) is 0 Å². The molecule has 0 bridgehead atoms. The number of ether oxygens (including phenoxy) is 4. The Kier molecular flexibility index (Phi) is 6.46. The third-order valence-corrected chi connectivity index (χ3v) is 4.34. The number of hydrogen-bond acceptors (Lipinski definition) is 5. The molecule has 1 amide bonds. The fourth-order valence-electron chi connectivity index (χ4n) is 2.66. The molecule has 0 fully saturated rings. The van der Waals surface area contributed by atoms with E-state index >= 15 is 0 Å². The molecule has 0 saturated heterocycles. The van der Waals surface area contributed by atoms with E-state index in [9.17, 15) is 4.79 Å². The Morgan fingerprint density at radius 2 is 1.31 bits per heavy atom. The number of methoxy groups -OCH3 is 3. The largest absolute Gasteiger partial charge is 0.493 e. The Bertz CT molecular complexity index is 962. The number of anilines is 1. The molecule has 0 spiro atoms. The van der Waals surface area contributed by atoms with Crippen LogP contribution < -0.4 is 24.3 Å². The molecule has 0 saturated carbocycles. The monoisotopic (exact) mass is 413 g/mol. The lowest BCUT2D eigenvalue weighted by Crippen LogP contribution is -2.12. The molecule has 0 unspecified atom stereocenters. The molecule has 3 rings (SSSR count). The summed E-state index contributed by atoms with van der Waals surface area (Å²) in [4.78, 5) is 12.7. The maximum absolute atomic E-state index is 12.7. The highest BCUT2D eigenvalue weighted by molar-refractivity contribution is 6.30. The lowest BCUT2D eigenvalue weighted by Gasteiger charge is -2.14. The van der Waals surface area contributed by atoms with Gasteiger partial charge in [0.2, 0.25) is 5.75 Å². The molecule has 1 N–H and O–H groups in total. The molecule has 0 aliphatic rings. The van der Waals surface area contributed by atoms with Crippen molar-refractivity contribution >= 4 is 23.2 Å². The topological polar surface area (TPSA) is 66.0 Å². The Morgan fingerprint density at radius 1 is 0.793 bits per heavy atom. The second kappa shape index (κ2) is 9.21. The first-order valence-corrected chi connectivity index (χ1v) is 9.06. The number of rotatable bonds is 7. The van der Waals surface area contributed by atoms with Crippen LogP contribution in [0.25, 0.3) is 0 Å². The molecule has 0 heterocycles. The van der Waals surface area contributed by atoms with Gasteiger partial charge >= 0.3 is 0 Å². The quantitative estimate of drug-likeness (QED) is 0.561. The first kappa shape index (κ1) is 20.4. The summed E-state index contributed by atoms with van der Waals surface area (Å²) in [5.41, 5.74) is 0.994. The fourth-order valence-corrected chi connectivity index (χ4v) is 2.79. The van der Waals surface area contributed by atoms with Gasteiger partial charge in [0.1, 0.15) is 11.5 Å². The van der Waals surface area contributed by atoms with E-state index in [1.54, 1.807) is 60.7 Å². The zero-order valence-electron chi connectivity index (χ0n) is 16.2. The van der Waals surface area contributed by atoms with Crippen molar-refractivity contribution in [2.24, 2.45) is 0 Å². The normalized spacial score (nSPS) is 10.2. The van der Waals surface area contributed by atoms with E-state index in [0.29, 0.717) is 45.0 Å². The summed E-state index contributed by atoms with van der Waals surface area (Å²) in [6.07, 6.45) is 0. The molecule has 0 aliphatic carbocycles. The number of carbonyl (C=O) groups excluding carboxylic acids is 1. The molecular weight excluding hydrogens is 394 g/mol. The number of benzene rings is 3. The van der Waals surface area contributed by atoms with Crippen LogP contribution in [0.2, 0.25) is 5.02 Å². The molecule has 150 valence electrons. The fraction of sp³-hybridized carbons (Fsp3) is 0.136. The van der Waals surface area contributed by atoms with Crippen LogP contribution in [0, 0.1) is 0 Å². The summed E-state index contributed by atoms with van der Waals surface area (Å²) in [7, 11) is 4.50. The predicted molar refractivity (Wildman–Crippen MR) is 112 cm³/mol. The standard InChI is InChI=1S/C22H20ClNO5/c1-26-19-12-14(13-20(27-2)21(19)28-3)22(25)24-16-6-10-18(11-7-16)29-17-8-4-15(23)5-9-17/h4-13H,1-3H3,(H,24,25). The zero-order valence-corrected chi connectivity index (χ0v) is 16.9. The van der Waals surface area contributed by atoms with Gasteiger partial charge < -0.3 is 24.3 Å². The van der Waals surface area contributed by atoms with E-state index in [1.165, 1.54) is 21.3 Å². The Morgan fingerprint density at radius 3 is 1.79 bits per heavy atom. The number of hydrogen-bond donors (Lipinski definition) is 1. The molecular formula is C22H20ClNO5. The van der Waals surface area contributed by atoms with E-state index in [1.807, 2.05) is 0 Å². The van der Waals surface area contributed by atoms with Crippen molar-refractivity contribution in [1.29, 1.82) is 0 Å². The maximum atomic E-state index is 12.7. The van der Waals surface area contributed by atoms with Gasteiger partial charge in [-0.15, -0.1) is 0 Å². The van der Waals surface area contributed by atoms with Gasteiger partial charge in [-0.2, -0.15) is 0 Å². The van der Waals surface area contributed by atoms with Gasteiger partial charge in [-0.1, -0.05) is 11.6 Å². The minimum atomic E-state index is -0.310. The average molecular weight is 414 g/mol. The van der Waals surface area contributed by atoms with Gasteiger partial charge in [0, 0.05) is 16.3 Å². The third-order valence-electron chi connectivity index (χ3n) is 4.09. The van der Waals surface area contributed by atoms with Crippen LogP contribution >= 0.6 is 11.6 Å². The summed E-state index contributed by atoms with van der Waals surface area (Å²) >= 11 is 5.87. The number of carbonyl (C=O) groups is 1. The SMILES string of the molecule is COc1cc(C(=O)Nc2ccc(Oc3ccc(Cl)cc3)cc2)cc(OC)c1OC.